The van der Waals surface area contributed by atoms with E-state index in [0.717, 1.165) is 18.7 Å². The molecule has 0 bridgehead atoms. The number of hydrogen-bond acceptors (Lipinski definition) is 2. The third kappa shape index (κ3) is 1.30. The van der Waals surface area contributed by atoms with Crippen molar-refractivity contribution < 1.29 is 0 Å². The zero-order chi connectivity index (χ0) is 9.26. The van der Waals surface area contributed by atoms with Gasteiger partial charge in [0.1, 0.15) is 0 Å². The van der Waals surface area contributed by atoms with Gasteiger partial charge in [-0.2, -0.15) is 0 Å². The van der Waals surface area contributed by atoms with E-state index in [1.165, 1.54) is 29.4 Å². The zero-order valence-electron chi connectivity index (χ0n) is 7.75. The average molecular weight is 175 g/mol. The van der Waals surface area contributed by atoms with E-state index >= 15 is 0 Å². The molecular formula is C10H13N3. The maximum atomic E-state index is 5.26. The Labute approximate surface area is 77.7 Å². The van der Waals surface area contributed by atoms with Crippen LogP contribution in [0.25, 0.3) is 0 Å². The first-order valence-corrected chi connectivity index (χ1v) is 4.54. The highest BCUT2D eigenvalue weighted by Crippen LogP contribution is 2.30. The first-order chi connectivity index (χ1) is 6.33. The van der Waals surface area contributed by atoms with Crippen LogP contribution in [0.1, 0.15) is 23.1 Å². The lowest BCUT2D eigenvalue weighted by molar-refractivity contribution is 0.909. The normalized spacial score (nSPS) is 15.2. The largest absolute Gasteiger partial charge is 0.390 e. The van der Waals surface area contributed by atoms with Crippen molar-refractivity contribution in [3.63, 3.8) is 0 Å². The van der Waals surface area contributed by atoms with Crippen LogP contribution in [0.4, 0.5) is 5.82 Å². The van der Waals surface area contributed by atoms with Gasteiger partial charge in [-0.15, -0.1) is 0 Å². The van der Waals surface area contributed by atoms with Gasteiger partial charge in [0.25, 0.3) is 0 Å². The van der Waals surface area contributed by atoms with Crippen molar-refractivity contribution in [3.05, 3.63) is 22.9 Å². The minimum absolute atomic E-state index is 0.806. The molecule has 3 nitrogen and oxygen atoms in total. The standard InChI is InChI=1S/C10H13N3/c1-7-5-12-10(13-6-11)9-4-2-3-8(7)9/h5-6H,2-4H2,1H3,(H2,11,12,13). The monoisotopic (exact) mass is 175 g/mol. The van der Waals surface area contributed by atoms with Gasteiger partial charge in [0.2, 0.25) is 0 Å². The molecule has 0 atom stereocenters. The Morgan fingerprint density at radius 3 is 3.00 bits per heavy atom. The fourth-order valence-corrected chi connectivity index (χ4v) is 1.92. The van der Waals surface area contributed by atoms with Gasteiger partial charge in [0.15, 0.2) is 5.82 Å². The lowest BCUT2D eigenvalue weighted by atomic mass is 10.1. The Kier molecular flexibility index (Phi) is 2.00. The molecule has 0 aromatic carbocycles. The molecule has 0 amide bonds. The molecule has 1 aliphatic rings. The number of aryl methyl sites for hydroxylation is 1. The fraction of sp³-hybridized carbons (Fsp3) is 0.400. The lowest BCUT2D eigenvalue weighted by Crippen LogP contribution is -1.93. The van der Waals surface area contributed by atoms with Gasteiger partial charge in [-0.1, -0.05) is 0 Å². The highest BCUT2D eigenvalue weighted by molar-refractivity contribution is 5.60. The molecule has 0 unspecified atom stereocenters. The molecule has 0 saturated carbocycles. The Morgan fingerprint density at radius 1 is 1.46 bits per heavy atom. The Hall–Kier alpha value is -1.38. The zero-order valence-corrected chi connectivity index (χ0v) is 7.75. The summed E-state index contributed by atoms with van der Waals surface area (Å²) in [5, 5.41) is 0. The van der Waals surface area contributed by atoms with Crippen molar-refractivity contribution in [1.82, 2.24) is 4.98 Å². The number of rotatable bonds is 1. The van der Waals surface area contributed by atoms with Crippen LogP contribution in [-0.4, -0.2) is 11.3 Å². The molecule has 0 saturated heterocycles. The van der Waals surface area contributed by atoms with Crippen LogP contribution in [-0.2, 0) is 12.8 Å². The summed E-state index contributed by atoms with van der Waals surface area (Å²) in [6.07, 6.45) is 6.67. The van der Waals surface area contributed by atoms with E-state index in [1.807, 2.05) is 6.20 Å². The van der Waals surface area contributed by atoms with Crippen molar-refractivity contribution in [2.75, 3.05) is 0 Å². The minimum atomic E-state index is 0.806. The summed E-state index contributed by atoms with van der Waals surface area (Å²) >= 11 is 0. The third-order valence-electron chi connectivity index (χ3n) is 2.54. The molecule has 1 aromatic rings. The molecule has 0 fully saturated rings. The summed E-state index contributed by atoms with van der Waals surface area (Å²) in [6, 6.07) is 0. The second-order valence-electron chi connectivity index (χ2n) is 3.35. The number of aromatic nitrogens is 1. The quantitative estimate of drug-likeness (QED) is 0.519. The number of hydrogen-bond donors (Lipinski definition) is 1. The Balaban J connectivity index is 2.55. The fourth-order valence-electron chi connectivity index (χ4n) is 1.92. The van der Waals surface area contributed by atoms with E-state index in [9.17, 15) is 0 Å². The molecule has 0 aliphatic heterocycles. The van der Waals surface area contributed by atoms with E-state index < -0.39 is 0 Å². The molecule has 1 heterocycles. The van der Waals surface area contributed by atoms with Gasteiger partial charge in [0, 0.05) is 11.8 Å². The maximum absolute atomic E-state index is 5.26. The van der Waals surface area contributed by atoms with Crippen LogP contribution in [0.5, 0.6) is 0 Å². The van der Waals surface area contributed by atoms with Crippen LogP contribution in [0.2, 0.25) is 0 Å². The Bertz CT molecular complexity index is 355. The first-order valence-electron chi connectivity index (χ1n) is 4.54. The maximum Gasteiger partial charge on any atom is 0.156 e. The van der Waals surface area contributed by atoms with Crippen LogP contribution in [0.15, 0.2) is 11.2 Å². The number of aliphatic imine (C=N–C) groups is 1. The van der Waals surface area contributed by atoms with E-state index in [-0.39, 0.29) is 0 Å². The van der Waals surface area contributed by atoms with E-state index in [4.69, 9.17) is 5.73 Å². The molecule has 2 N–H and O–H groups in total. The van der Waals surface area contributed by atoms with Crippen LogP contribution >= 0.6 is 0 Å². The topological polar surface area (TPSA) is 51.3 Å². The van der Waals surface area contributed by atoms with Gasteiger partial charge in [-0.3, -0.25) is 0 Å². The highest BCUT2D eigenvalue weighted by atomic mass is 14.9. The second kappa shape index (κ2) is 3.17. The lowest BCUT2D eigenvalue weighted by Gasteiger charge is -2.04. The molecule has 68 valence electrons. The van der Waals surface area contributed by atoms with Crippen molar-refractivity contribution in [1.29, 1.82) is 0 Å². The number of fused-ring (bicyclic) bond motifs is 1. The van der Waals surface area contributed by atoms with Gasteiger partial charge >= 0.3 is 0 Å². The minimum Gasteiger partial charge on any atom is -0.390 e. The summed E-state index contributed by atoms with van der Waals surface area (Å²) in [5.74, 6) is 0.806. The predicted molar refractivity (Wildman–Crippen MR) is 53.3 cm³/mol. The summed E-state index contributed by atoms with van der Waals surface area (Å²) in [5.41, 5.74) is 9.26. The number of nitrogens with zero attached hydrogens (tertiary/aromatic N) is 2. The molecule has 1 aromatic heterocycles. The molecule has 0 spiro atoms. The van der Waals surface area contributed by atoms with Gasteiger partial charge < -0.3 is 5.73 Å². The van der Waals surface area contributed by atoms with Gasteiger partial charge in [-0.25, -0.2) is 9.98 Å². The predicted octanol–water partition coefficient (Wildman–Crippen LogP) is 1.50. The van der Waals surface area contributed by atoms with Gasteiger partial charge in [-0.05, 0) is 37.3 Å². The first kappa shape index (κ1) is 8.23. The van der Waals surface area contributed by atoms with E-state index in [0.29, 0.717) is 0 Å². The van der Waals surface area contributed by atoms with E-state index in [2.05, 4.69) is 16.9 Å². The van der Waals surface area contributed by atoms with Crippen molar-refractivity contribution in [2.45, 2.75) is 26.2 Å². The van der Waals surface area contributed by atoms with Crippen molar-refractivity contribution in [3.8, 4) is 0 Å². The van der Waals surface area contributed by atoms with Crippen LogP contribution in [0.3, 0.4) is 0 Å². The summed E-state index contributed by atoms with van der Waals surface area (Å²) < 4.78 is 0. The molecule has 2 rings (SSSR count). The van der Waals surface area contributed by atoms with E-state index in [1.54, 1.807) is 0 Å². The summed E-state index contributed by atoms with van der Waals surface area (Å²) in [7, 11) is 0. The van der Waals surface area contributed by atoms with Crippen molar-refractivity contribution in [2.24, 2.45) is 10.7 Å². The summed E-state index contributed by atoms with van der Waals surface area (Å²) in [6.45, 7) is 2.10. The van der Waals surface area contributed by atoms with Gasteiger partial charge in [0.05, 0.1) is 6.34 Å². The third-order valence-corrected chi connectivity index (χ3v) is 2.54. The van der Waals surface area contributed by atoms with Crippen LogP contribution in [0, 0.1) is 6.92 Å². The highest BCUT2D eigenvalue weighted by Gasteiger charge is 2.17. The number of nitrogens with two attached hydrogens (primary N) is 1. The molecule has 0 radical (unpaired) electrons. The smallest absolute Gasteiger partial charge is 0.156 e. The molecule has 1 aliphatic carbocycles. The SMILES string of the molecule is Cc1cnc(N=CN)c2c1CCC2. The molecule has 3 heteroatoms. The Morgan fingerprint density at radius 2 is 2.23 bits per heavy atom. The molecule has 13 heavy (non-hydrogen) atoms. The van der Waals surface area contributed by atoms with Crippen molar-refractivity contribution >= 4 is 12.2 Å². The number of pyridine rings is 1. The average Bonchev–Trinajstić information content (AvgIpc) is 2.59. The van der Waals surface area contributed by atoms with Crippen LogP contribution < -0.4 is 5.73 Å². The summed E-state index contributed by atoms with van der Waals surface area (Å²) in [4.78, 5) is 8.32. The molecular weight excluding hydrogens is 162 g/mol. The second-order valence-corrected chi connectivity index (χ2v) is 3.35.